The summed E-state index contributed by atoms with van der Waals surface area (Å²) in [5, 5.41) is 0.914. The van der Waals surface area contributed by atoms with Crippen LogP contribution in [0.1, 0.15) is 15.4 Å². The zero-order chi connectivity index (χ0) is 14.0. The summed E-state index contributed by atoms with van der Waals surface area (Å²) in [7, 11) is -3.52. The number of thiazole rings is 1. The lowest BCUT2D eigenvalue weighted by Gasteiger charge is -2.07. The van der Waals surface area contributed by atoms with E-state index in [1.54, 1.807) is 25.3 Å². The van der Waals surface area contributed by atoms with Gasteiger partial charge in [-0.3, -0.25) is 0 Å². The van der Waals surface area contributed by atoms with Crippen LogP contribution >= 0.6 is 11.3 Å². The molecule has 0 atom stereocenters. The minimum absolute atomic E-state index is 0.223. The maximum Gasteiger partial charge on any atom is 0.240 e. The van der Waals surface area contributed by atoms with Crippen LogP contribution in [0.15, 0.2) is 29.3 Å². The summed E-state index contributed by atoms with van der Waals surface area (Å²) in [5.74, 6) is 0. The summed E-state index contributed by atoms with van der Waals surface area (Å²) in [4.78, 5) is 5.19. The van der Waals surface area contributed by atoms with Gasteiger partial charge >= 0.3 is 0 Å². The molecule has 0 aliphatic rings. The molecule has 0 aliphatic carbocycles. The van der Waals surface area contributed by atoms with Gasteiger partial charge < -0.3 is 5.73 Å². The summed E-state index contributed by atoms with van der Waals surface area (Å²) in [6, 6.07) is 4.67. The number of hydrogen-bond donors (Lipinski definition) is 2. The van der Waals surface area contributed by atoms with E-state index in [1.807, 2.05) is 6.92 Å². The third kappa shape index (κ3) is 3.31. The number of nitrogens with one attached hydrogen (secondary N) is 1. The number of nitrogens with zero attached hydrogens (tertiary/aromatic N) is 1. The molecule has 0 bridgehead atoms. The monoisotopic (exact) mass is 297 g/mol. The minimum atomic E-state index is -3.52. The van der Waals surface area contributed by atoms with Crippen LogP contribution in [-0.4, -0.2) is 13.4 Å². The normalized spacial score (nSPS) is 11.7. The lowest BCUT2D eigenvalue weighted by Crippen LogP contribution is -2.22. The predicted octanol–water partition coefficient (Wildman–Crippen LogP) is 1.82. The van der Waals surface area contributed by atoms with Crippen LogP contribution in [0.3, 0.4) is 0 Å². The van der Waals surface area contributed by atoms with Gasteiger partial charge in [0.1, 0.15) is 0 Å². The molecule has 0 radical (unpaired) electrons. The Labute approximate surface area is 116 Å². The first-order chi connectivity index (χ1) is 8.88. The topological polar surface area (TPSA) is 85.1 Å². The fraction of sp³-hybridized carbons (Fsp3) is 0.250. The van der Waals surface area contributed by atoms with Gasteiger partial charge in [0.05, 0.1) is 9.90 Å². The van der Waals surface area contributed by atoms with Crippen molar-refractivity contribution < 1.29 is 8.42 Å². The van der Waals surface area contributed by atoms with E-state index in [0.717, 1.165) is 15.4 Å². The first-order valence-electron chi connectivity index (χ1n) is 5.65. The van der Waals surface area contributed by atoms with Crippen LogP contribution in [0.25, 0.3) is 0 Å². The SMILES string of the molecule is Cc1ncc(CNS(=O)(=O)c2ccc(N)c(C)c2)s1. The van der Waals surface area contributed by atoms with Gasteiger partial charge in [-0.05, 0) is 37.6 Å². The molecule has 0 unspecified atom stereocenters. The van der Waals surface area contributed by atoms with E-state index in [1.165, 1.54) is 17.4 Å². The minimum Gasteiger partial charge on any atom is -0.399 e. The lowest BCUT2D eigenvalue weighted by atomic mass is 10.2. The van der Waals surface area contributed by atoms with E-state index in [-0.39, 0.29) is 11.4 Å². The van der Waals surface area contributed by atoms with E-state index in [0.29, 0.717) is 5.69 Å². The number of nitrogens with two attached hydrogens (primary N) is 1. The van der Waals surface area contributed by atoms with Crippen molar-refractivity contribution in [1.29, 1.82) is 0 Å². The number of aryl methyl sites for hydroxylation is 2. The fourth-order valence-corrected chi connectivity index (χ4v) is 3.47. The van der Waals surface area contributed by atoms with Gasteiger partial charge in [-0.25, -0.2) is 18.1 Å². The number of sulfonamides is 1. The Bertz CT molecular complexity index is 693. The highest BCUT2D eigenvalue weighted by Gasteiger charge is 2.14. The maximum atomic E-state index is 12.1. The number of rotatable bonds is 4. The van der Waals surface area contributed by atoms with Gasteiger partial charge in [-0.2, -0.15) is 0 Å². The Hall–Kier alpha value is -1.44. The molecule has 0 aliphatic heterocycles. The molecule has 0 spiro atoms. The molecular formula is C12H15N3O2S2. The Morgan fingerprint density at radius 2 is 2.11 bits per heavy atom. The van der Waals surface area contributed by atoms with E-state index in [4.69, 9.17) is 5.73 Å². The van der Waals surface area contributed by atoms with Crippen molar-refractivity contribution in [3.05, 3.63) is 39.8 Å². The third-order valence-corrected chi connectivity index (χ3v) is 4.97. The van der Waals surface area contributed by atoms with Crippen LogP contribution in [0.2, 0.25) is 0 Å². The molecular weight excluding hydrogens is 282 g/mol. The van der Waals surface area contributed by atoms with Crippen molar-refractivity contribution in [1.82, 2.24) is 9.71 Å². The van der Waals surface area contributed by atoms with E-state index in [9.17, 15) is 8.42 Å². The molecule has 3 N–H and O–H groups in total. The Morgan fingerprint density at radius 3 is 2.68 bits per heavy atom. The standard InChI is InChI=1S/C12H15N3O2S2/c1-8-5-11(3-4-12(8)13)19(16,17)15-7-10-6-14-9(2)18-10/h3-6,15H,7,13H2,1-2H3. The summed E-state index contributed by atoms with van der Waals surface area (Å²) < 4.78 is 26.8. The van der Waals surface area contributed by atoms with Crippen molar-refractivity contribution in [3.8, 4) is 0 Å². The van der Waals surface area contributed by atoms with Gasteiger partial charge in [0.2, 0.25) is 10.0 Å². The average molecular weight is 297 g/mol. The molecule has 1 heterocycles. The maximum absolute atomic E-state index is 12.1. The van der Waals surface area contributed by atoms with E-state index in [2.05, 4.69) is 9.71 Å². The summed E-state index contributed by atoms with van der Waals surface area (Å²) >= 11 is 1.47. The van der Waals surface area contributed by atoms with Gasteiger partial charge in [-0.15, -0.1) is 11.3 Å². The number of nitrogen functional groups attached to an aromatic ring is 1. The summed E-state index contributed by atoms with van der Waals surface area (Å²) in [5.41, 5.74) is 7.01. The smallest absolute Gasteiger partial charge is 0.240 e. The molecule has 0 amide bonds. The van der Waals surface area contributed by atoms with Crippen molar-refractivity contribution in [2.75, 3.05) is 5.73 Å². The van der Waals surface area contributed by atoms with Gasteiger partial charge in [0, 0.05) is 23.3 Å². The first kappa shape index (κ1) is 14.0. The molecule has 0 saturated carbocycles. The quantitative estimate of drug-likeness (QED) is 0.843. The van der Waals surface area contributed by atoms with Crippen LogP contribution in [-0.2, 0) is 16.6 Å². The number of benzene rings is 1. The van der Waals surface area contributed by atoms with Crippen molar-refractivity contribution in [2.24, 2.45) is 0 Å². The summed E-state index contributed by atoms with van der Waals surface area (Å²) in [6.07, 6.45) is 1.68. The van der Waals surface area contributed by atoms with Crippen molar-refractivity contribution in [2.45, 2.75) is 25.3 Å². The van der Waals surface area contributed by atoms with Crippen molar-refractivity contribution >= 4 is 27.0 Å². The summed E-state index contributed by atoms with van der Waals surface area (Å²) in [6.45, 7) is 3.91. The first-order valence-corrected chi connectivity index (χ1v) is 7.95. The van der Waals surface area contributed by atoms with Crippen LogP contribution in [0.5, 0.6) is 0 Å². The Kier molecular flexibility index (Phi) is 3.88. The molecule has 1 aromatic heterocycles. The molecule has 0 fully saturated rings. The highest BCUT2D eigenvalue weighted by Crippen LogP contribution is 2.18. The highest BCUT2D eigenvalue weighted by molar-refractivity contribution is 7.89. The van der Waals surface area contributed by atoms with Crippen LogP contribution in [0.4, 0.5) is 5.69 Å². The molecule has 0 saturated heterocycles. The third-order valence-electron chi connectivity index (χ3n) is 2.66. The number of aromatic nitrogens is 1. The fourth-order valence-electron chi connectivity index (χ4n) is 1.55. The molecule has 2 aromatic rings. The molecule has 2 rings (SSSR count). The molecule has 1 aromatic carbocycles. The van der Waals surface area contributed by atoms with Gasteiger partial charge in [0.25, 0.3) is 0 Å². The van der Waals surface area contributed by atoms with E-state index < -0.39 is 10.0 Å². The number of anilines is 1. The number of hydrogen-bond acceptors (Lipinski definition) is 5. The highest BCUT2D eigenvalue weighted by atomic mass is 32.2. The molecule has 102 valence electrons. The average Bonchev–Trinajstić information content (AvgIpc) is 2.76. The second-order valence-corrected chi connectivity index (χ2v) is 7.27. The lowest BCUT2D eigenvalue weighted by molar-refractivity contribution is 0.581. The second-order valence-electron chi connectivity index (χ2n) is 4.19. The Morgan fingerprint density at radius 1 is 1.37 bits per heavy atom. The van der Waals surface area contributed by atoms with Crippen LogP contribution in [0, 0.1) is 13.8 Å². The molecule has 19 heavy (non-hydrogen) atoms. The molecule has 7 heteroatoms. The van der Waals surface area contributed by atoms with Gasteiger partial charge in [-0.1, -0.05) is 0 Å². The van der Waals surface area contributed by atoms with Gasteiger partial charge in [0.15, 0.2) is 0 Å². The zero-order valence-corrected chi connectivity index (χ0v) is 12.3. The Balaban J connectivity index is 2.16. The van der Waals surface area contributed by atoms with Crippen LogP contribution < -0.4 is 10.5 Å². The van der Waals surface area contributed by atoms with E-state index >= 15 is 0 Å². The van der Waals surface area contributed by atoms with Crippen molar-refractivity contribution in [3.63, 3.8) is 0 Å². The molecule has 5 nitrogen and oxygen atoms in total. The largest absolute Gasteiger partial charge is 0.399 e. The zero-order valence-electron chi connectivity index (χ0n) is 10.7. The predicted molar refractivity (Wildman–Crippen MR) is 76.5 cm³/mol. The second kappa shape index (κ2) is 5.28.